The van der Waals surface area contributed by atoms with E-state index in [4.69, 9.17) is 0 Å². The lowest BCUT2D eigenvalue weighted by Crippen LogP contribution is -2.41. The standard InChI is InChI=1S/C24H27N5O2S/c1-15-9-6-12-20(17(15)3)26-24(31)29-13-7-10-18(14-29)22-27-28-23(32-22)21(30)25-19-11-5-4-8-16(19)2/h4-6,8-9,11-12,18H,7,10,13-14H2,1-3H3,(H,25,30)(H,26,31). The Balaban J connectivity index is 1.41. The van der Waals surface area contributed by atoms with Gasteiger partial charge < -0.3 is 15.5 Å². The molecule has 2 heterocycles. The van der Waals surface area contributed by atoms with Crippen molar-refractivity contribution in [2.24, 2.45) is 0 Å². The number of carbonyl (C=O) groups excluding carboxylic acids is 2. The molecule has 1 fully saturated rings. The Morgan fingerprint density at radius 3 is 2.53 bits per heavy atom. The van der Waals surface area contributed by atoms with E-state index in [1.165, 1.54) is 11.3 Å². The van der Waals surface area contributed by atoms with Crippen molar-refractivity contribution in [3.63, 3.8) is 0 Å². The summed E-state index contributed by atoms with van der Waals surface area (Å²) in [6, 6.07) is 13.4. The summed E-state index contributed by atoms with van der Waals surface area (Å²) in [4.78, 5) is 27.3. The van der Waals surface area contributed by atoms with Crippen molar-refractivity contribution in [2.75, 3.05) is 23.7 Å². The summed E-state index contributed by atoms with van der Waals surface area (Å²) >= 11 is 1.30. The fourth-order valence-corrected chi connectivity index (χ4v) is 4.69. The van der Waals surface area contributed by atoms with E-state index in [9.17, 15) is 9.59 Å². The summed E-state index contributed by atoms with van der Waals surface area (Å²) in [6.07, 6.45) is 1.80. The van der Waals surface area contributed by atoms with Gasteiger partial charge >= 0.3 is 6.03 Å². The molecule has 1 aliphatic heterocycles. The number of likely N-dealkylation sites (tertiary alicyclic amines) is 1. The zero-order chi connectivity index (χ0) is 22.7. The number of piperidine rings is 1. The van der Waals surface area contributed by atoms with Crippen molar-refractivity contribution in [1.82, 2.24) is 15.1 Å². The van der Waals surface area contributed by atoms with Gasteiger partial charge in [-0.15, -0.1) is 10.2 Å². The van der Waals surface area contributed by atoms with E-state index >= 15 is 0 Å². The minimum absolute atomic E-state index is 0.0746. The van der Waals surface area contributed by atoms with Crippen LogP contribution in [-0.2, 0) is 0 Å². The third kappa shape index (κ3) is 4.80. The van der Waals surface area contributed by atoms with Gasteiger partial charge in [0.1, 0.15) is 5.01 Å². The van der Waals surface area contributed by atoms with Crippen LogP contribution in [0.3, 0.4) is 0 Å². The highest BCUT2D eigenvalue weighted by atomic mass is 32.1. The molecule has 1 unspecified atom stereocenters. The number of amides is 3. The SMILES string of the molecule is Cc1ccccc1NC(=O)c1nnc(C2CCCN(C(=O)Nc3cccc(C)c3C)C2)s1. The van der Waals surface area contributed by atoms with Gasteiger partial charge in [-0.1, -0.05) is 41.7 Å². The second-order valence-electron chi connectivity index (χ2n) is 8.18. The maximum Gasteiger partial charge on any atom is 0.321 e. The van der Waals surface area contributed by atoms with Crippen molar-refractivity contribution in [2.45, 2.75) is 39.5 Å². The maximum atomic E-state index is 12.9. The smallest absolute Gasteiger partial charge is 0.321 e. The minimum Gasteiger partial charge on any atom is -0.324 e. The number of carbonyl (C=O) groups is 2. The van der Waals surface area contributed by atoms with Crippen LogP contribution in [0.5, 0.6) is 0 Å². The van der Waals surface area contributed by atoms with Crippen LogP contribution in [0.25, 0.3) is 0 Å². The van der Waals surface area contributed by atoms with Crippen molar-refractivity contribution < 1.29 is 9.59 Å². The highest BCUT2D eigenvalue weighted by Crippen LogP contribution is 2.30. The van der Waals surface area contributed by atoms with Gasteiger partial charge in [0.15, 0.2) is 0 Å². The van der Waals surface area contributed by atoms with Crippen LogP contribution >= 0.6 is 11.3 Å². The number of rotatable bonds is 4. The molecule has 3 amide bonds. The van der Waals surface area contributed by atoms with E-state index in [1.807, 2.05) is 68.1 Å². The van der Waals surface area contributed by atoms with Crippen molar-refractivity contribution >= 4 is 34.6 Å². The molecule has 4 rings (SSSR count). The second kappa shape index (κ2) is 9.48. The molecule has 0 bridgehead atoms. The Labute approximate surface area is 191 Å². The quantitative estimate of drug-likeness (QED) is 0.578. The fraction of sp³-hybridized carbons (Fsp3) is 0.333. The monoisotopic (exact) mass is 449 g/mol. The normalized spacial score (nSPS) is 16.0. The Bertz CT molecular complexity index is 1140. The highest BCUT2D eigenvalue weighted by Gasteiger charge is 2.28. The first kappa shape index (κ1) is 22.0. The van der Waals surface area contributed by atoms with E-state index in [-0.39, 0.29) is 17.9 Å². The predicted octanol–water partition coefficient (Wildman–Crippen LogP) is 5.13. The number of aromatic nitrogens is 2. The van der Waals surface area contributed by atoms with Crippen LogP contribution in [0.1, 0.15) is 50.3 Å². The third-order valence-electron chi connectivity index (χ3n) is 5.93. The Hall–Kier alpha value is -3.26. The molecule has 0 saturated carbocycles. The second-order valence-corrected chi connectivity index (χ2v) is 9.19. The molecule has 0 aliphatic carbocycles. The molecule has 32 heavy (non-hydrogen) atoms. The van der Waals surface area contributed by atoms with E-state index in [0.29, 0.717) is 18.1 Å². The topological polar surface area (TPSA) is 87.2 Å². The zero-order valence-corrected chi connectivity index (χ0v) is 19.3. The third-order valence-corrected chi connectivity index (χ3v) is 7.02. The summed E-state index contributed by atoms with van der Waals surface area (Å²) in [5, 5.41) is 15.5. The van der Waals surface area contributed by atoms with Crippen molar-refractivity contribution in [3.05, 3.63) is 69.2 Å². The van der Waals surface area contributed by atoms with Crippen LogP contribution < -0.4 is 10.6 Å². The average molecular weight is 450 g/mol. The molecule has 7 nitrogen and oxygen atoms in total. The van der Waals surface area contributed by atoms with Gasteiger partial charge in [0.2, 0.25) is 5.01 Å². The number of nitrogens with one attached hydrogen (secondary N) is 2. The summed E-state index contributed by atoms with van der Waals surface area (Å²) in [7, 11) is 0. The van der Waals surface area contributed by atoms with E-state index < -0.39 is 0 Å². The van der Waals surface area contributed by atoms with Gasteiger partial charge in [-0.2, -0.15) is 0 Å². The molecule has 0 spiro atoms. The lowest BCUT2D eigenvalue weighted by Gasteiger charge is -2.31. The Morgan fingerprint density at radius 2 is 1.72 bits per heavy atom. The van der Waals surface area contributed by atoms with E-state index in [0.717, 1.165) is 45.9 Å². The number of aryl methyl sites for hydroxylation is 2. The first-order valence-corrected chi connectivity index (χ1v) is 11.6. The summed E-state index contributed by atoms with van der Waals surface area (Å²) < 4.78 is 0. The van der Waals surface area contributed by atoms with Crippen molar-refractivity contribution in [1.29, 1.82) is 0 Å². The molecule has 1 aliphatic rings. The molecular weight excluding hydrogens is 422 g/mol. The Morgan fingerprint density at radius 1 is 0.969 bits per heavy atom. The molecule has 166 valence electrons. The summed E-state index contributed by atoms with van der Waals surface area (Å²) in [5.41, 5.74) is 4.81. The number of benzene rings is 2. The highest BCUT2D eigenvalue weighted by molar-refractivity contribution is 7.13. The summed E-state index contributed by atoms with van der Waals surface area (Å²) in [5.74, 6) is -0.186. The number of nitrogens with zero attached hydrogens (tertiary/aromatic N) is 3. The fourth-order valence-electron chi connectivity index (χ4n) is 3.82. The van der Waals surface area contributed by atoms with Gasteiger partial charge in [-0.05, 0) is 62.4 Å². The lowest BCUT2D eigenvalue weighted by atomic mass is 9.99. The molecule has 1 saturated heterocycles. The van der Waals surface area contributed by atoms with Gasteiger partial charge in [0.25, 0.3) is 5.91 Å². The van der Waals surface area contributed by atoms with E-state index in [2.05, 4.69) is 20.8 Å². The number of hydrogen-bond donors (Lipinski definition) is 2. The first-order chi connectivity index (χ1) is 15.4. The average Bonchev–Trinajstić information content (AvgIpc) is 3.29. The molecule has 8 heteroatoms. The van der Waals surface area contributed by atoms with Gasteiger partial charge in [-0.25, -0.2) is 4.79 Å². The van der Waals surface area contributed by atoms with Gasteiger partial charge in [0.05, 0.1) is 0 Å². The summed E-state index contributed by atoms with van der Waals surface area (Å²) in [6.45, 7) is 7.25. The molecule has 2 aromatic carbocycles. The molecule has 0 radical (unpaired) electrons. The number of anilines is 2. The number of para-hydroxylation sites is 1. The largest absolute Gasteiger partial charge is 0.324 e. The van der Waals surface area contributed by atoms with Crippen LogP contribution in [-0.4, -0.2) is 40.1 Å². The molecular formula is C24H27N5O2S. The minimum atomic E-state index is -0.261. The number of hydrogen-bond acceptors (Lipinski definition) is 5. The van der Waals surface area contributed by atoms with Gasteiger partial charge in [0, 0.05) is 30.4 Å². The van der Waals surface area contributed by atoms with Crippen molar-refractivity contribution in [3.8, 4) is 0 Å². The number of urea groups is 1. The molecule has 2 N–H and O–H groups in total. The van der Waals surface area contributed by atoms with Crippen LogP contribution in [0, 0.1) is 20.8 Å². The predicted molar refractivity (Wildman–Crippen MR) is 128 cm³/mol. The van der Waals surface area contributed by atoms with Crippen LogP contribution in [0.4, 0.5) is 16.2 Å². The Kier molecular flexibility index (Phi) is 6.50. The van der Waals surface area contributed by atoms with Gasteiger partial charge in [-0.3, -0.25) is 4.79 Å². The molecule has 3 aromatic rings. The lowest BCUT2D eigenvalue weighted by molar-refractivity contribution is 0.102. The van der Waals surface area contributed by atoms with E-state index in [1.54, 1.807) is 0 Å². The molecule has 1 atom stereocenters. The first-order valence-electron chi connectivity index (χ1n) is 10.7. The molecule has 1 aromatic heterocycles. The van der Waals surface area contributed by atoms with Crippen LogP contribution in [0.2, 0.25) is 0 Å². The van der Waals surface area contributed by atoms with Crippen LogP contribution in [0.15, 0.2) is 42.5 Å². The zero-order valence-electron chi connectivity index (χ0n) is 18.5. The maximum absolute atomic E-state index is 12.9.